The lowest BCUT2D eigenvalue weighted by molar-refractivity contribution is -0.918. The summed E-state index contributed by atoms with van der Waals surface area (Å²) in [6.07, 6.45) is 4.73. The number of quaternary nitrogens is 1. The average Bonchev–Trinajstić information content (AvgIpc) is 2.52. The van der Waals surface area contributed by atoms with Crippen LogP contribution < -0.4 is 15.5 Å². The van der Waals surface area contributed by atoms with Crippen molar-refractivity contribution < 1.29 is 4.90 Å². The van der Waals surface area contributed by atoms with Crippen LogP contribution in [0.3, 0.4) is 0 Å². The van der Waals surface area contributed by atoms with Gasteiger partial charge in [-0.3, -0.25) is 0 Å². The fourth-order valence-electron chi connectivity index (χ4n) is 2.85. The van der Waals surface area contributed by atoms with Crippen LogP contribution in [0.4, 0.5) is 0 Å². The van der Waals surface area contributed by atoms with Crippen molar-refractivity contribution in [3.8, 4) is 0 Å². The van der Waals surface area contributed by atoms with Crippen LogP contribution in [0.2, 0.25) is 5.02 Å². The summed E-state index contributed by atoms with van der Waals surface area (Å²) in [7, 11) is 0. The standard InChI is InChI=1S/C17H26ClN3S/c1-2-3-10-19-17(22)20-16-8-11-21(12-9-16)13-14-4-6-15(18)7-5-14/h4-7,16H,2-3,8-13H2,1H3,(H2,19,20,22)/p+1. The second-order valence-electron chi connectivity index (χ2n) is 6.08. The topological polar surface area (TPSA) is 28.5 Å². The van der Waals surface area contributed by atoms with E-state index >= 15 is 0 Å². The highest BCUT2D eigenvalue weighted by molar-refractivity contribution is 7.80. The van der Waals surface area contributed by atoms with Crippen molar-refractivity contribution in [3.05, 3.63) is 34.9 Å². The molecular weight excluding hydrogens is 314 g/mol. The molecule has 0 atom stereocenters. The quantitative estimate of drug-likeness (QED) is 0.547. The summed E-state index contributed by atoms with van der Waals surface area (Å²) in [6.45, 7) is 6.64. The van der Waals surface area contributed by atoms with Crippen molar-refractivity contribution in [2.24, 2.45) is 0 Å². The maximum Gasteiger partial charge on any atom is 0.166 e. The van der Waals surface area contributed by atoms with Crippen LogP contribution in [-0.4, -0.2) is 30.8 Å². The summed E-state index contributed by atoms with van der Waals surface area (Å²) < 4.78 is 0. The number of hydrogen-bond donors (Lipinski definition) is 3. The van der Waals surface area contributed by atoms with Gasteiger partial charge in [-0.25, -0.2) is 0 Å². The van der Waals surface area contributed by atoms with E-state index in [1.807, 2.05) is 12.1 Å². The summed E-state index contributed by atoms with van der Waals surface area (Å²) in [5.41, 5.74) is 1.36. The molecule has 0 radical (unpaired) electrons. The SMILES string of the molecule is CCCCNC(=S)NC1CC[NH+](Cc2ccc(Cl)cc2)CC1. The third kappa shape index (κ3) is 6.11. The lowest BCUT2D eigenvalue weighted by Gasteiger charge is -2.30. The van der Waals surface area contributed by atoms with Crippen LogP contribution >= 0.6 is 23.8 Å². The maximum absolute atomic E-state index is 5.93. The van der Waals surface area contributed by atoms with Crippen molar-refractivity contribution in [2.45, 2.75) is 45.2 Å². The van der Waals surface area contributed by atoms with E-state index in [2.05, 4.69) is 29.7 Å². The first-order chi connectivity index (χ1) is 10.7. The summed E-state index contributed by atoms with van der Waals surface area (Å²) in [4.78, 5) is 1.64. The molecular formula is C17H27ClN3S+. The number of unbranched alkanes of at least 4 members (excludes halogenated alkanes) is 1. The third-order valence-corrected chi connectivity index (χ3v) is 4.73. The Morgan fingerprint density at radius 1 is 1.27 bits per heavy atom. The molecule has 0 saturated carbocycles. The van der Waals surface area contributed by atoms with Crippen LogP contribution in [0, 0.1) is 0 Å². The van der Waals surface area contributed by atoms with Crippen LogP contribution in [0.5, 0.6) is 0 Å². The zero-order valence-corrected chi connectivity index (χ0v) is 14.9. The maximum atomic E-state index is 5.93. The van der Waals surface area contributed by atoms with Crippen LogP contribution in [0.15, 0.2) is 24.3 Å². The van der Waals surface area contributed by atoms with Gasteiger partial charge in [-0.1, -0.05) is 37.1 Å². The highest BCUT2D eigenvalue weighted by atomic mass is 35.5. The second kappa shape index (κ2) is 9.33. The lowest BCUT2D eigenvalue weighted by Crippen LogP contribution is -3.12. The lowest BCUT2D eigenvalue weighted by atomic mass is 10.0. The van der Waals surface area contributed by atoms with Gasteiger partial charge in [0.05, 0.1) is 13.1 Å². The second-order valence-corrected chi connectivity index (χ2v) is 6.93. The number of hydrogen-bond acceptors (Lipinski definition) is 1. The molecule has 0 unspecified atom stereocenters. The van der Waals surface area contributed by atoms with E-state index in [0.29, 0.717) is 6.04 Å². The minimum Gasteiger partial charge on any atom is -0.363 e. The Kier molecular flexibility index (Phi) is 7.43. The molecule has 1 aromatic carbocycles. The van der Waals surface area contributed by atoms with Gasteiger partial charge in [0.25, 0.3) is 0 Å². The van der Waals surface area contributed by atoms with Crippen LogP contribution in [0.25, 0.3) is 0 Å². The summed E-state index contributed by atoms with van der Waals surface area (Å²) in [5.74, 6) is 0. The number of piperidine rings is 1. The van der Waals surface area contributed by atoms with Gasteiger partial charge in [-0.15, -0.1) is 0 Å². The van der Waals surface area contributed by atoms with Crippen molar-refractivity contribution in [3.63, 3.8) is 0 Å². The van der Waals surface area contributed by atoms with E-state index in [1.165, 1.54) is 44.3 Å². The molecule has 22 heavy (non-hydrogen) atoms. The molecule has 0 amide bonds. The highest BCUT2D eigenvalue weighted by Gasteiger charge is 2.22. The third-order valence-electron chi connectivity index (χ3n) is 4.21. The molecule has 0 aromatic heterocycles. The van der Waals surface area contributed by atoms with Gasteiger partial charge in [0, 0.05) is 36.0 Å². The Labute approximate surface area is 144 Å². The highest BCUT2D eigenvalue weighted by Crippen LogP contribution is 2.09. The van der Waals surface area contributed by atoms with Gasteiger partial charge < -0.3 is 15.5 Å². The van der Waals surface area contributed by atoms with Crippen molar-refractivity contribution in [1.82, 2.24) is 10.6 Å². The first-order valence-corrected chi connectivity index (χ1v) is 9.08. The number of thiocarbonyl (C=S) groups is 1. The molecule has 0 spiro atoms. The van der Waals surface area contributed by atoms with E-state index in [-0.39, 0.29) is 0 Å². The van der Waals surface area contributed by atoms with Gasteiger partial charge in [-0.2, -0.15) is 0 Å². The molecule has 5 heteroatoms. The fourth-order valence-corrected chi connectivity index (χ4v) is 3.25. The molecule has 1 fully saturated rings. The van der Waals surface area contributed by atoms with E-state index in [0.717, 1.165) is 23.2 Å². The summed E-state index contributed by atoms with van der Waals surface area (Å²) >= 11 is 11.3. The van der Waals surface area contributed by atoms with Crippen LogP contribution in [-0.2, 0) is 6.54 Å². The monoisotopic (exact) mass is 340 g/mol. The number of halogens is 1. The van der Waals surface area contributed by atoms with E-state index in [9.17, 15) is 0 Å². The summed E-state index contributed by atoms with van der Waals surface area (Å²) in [6, 6.07) is 8.74. The minimum atomic E-state index is 0.524. The summed E-state index contributed by atoms with van der Waals surface area (Å²) in [5, 5.41) is 8.38. The molecule has 1 aliphatic heterocycles. The molecule has 1 aromatic rings. The number of rotatable bonds is 6. The Bertz CT molecular complexity index is 455. The van der Waals surface area contributed by atoms with Crippen molar-refractivity contribution >= 4 is 28.9 Å². The van der Waals surface area contributed by atoms with Crippen molar-refractivity contribution in [2.75, 3.05) is 19.6 Å². The average molecular weight is 341 g/mol. The molecule has 3 nitrogen and oxygen atoms in total. The van der Waals surface area contributed by atoms with Gasteiger partial charge in [0.2, 0.25) is 0 Å². The van der Waals surface area contributed by atoms with E-state index in [4.69, 9.17) is 23.8 Å². The predicted octanol–water partition coefficient (Wildman–Crippen LogP) is 2.15. The van der Waals surface area contributed by atoms with Gasteiger partial charge in [0.15, 0.2) is 5.11 Å². The number of likely N-dealkylation sites (tertiary alicyclic amines) is 1. The first kappa shape index (κ1) is 17.5. The Hall–Kier alpha value is -0.840. The zero-order valence-electron chi connectivity index (χ0n) is 13.3. The van der Waals surface area contributed by atoms with Gasteiger partial charge in [-0.05, 0) is 30.8 Å². The molecule has 1 aliphatic rings. The number of nitrogens with one attached hydrogen (secondary N) is 3. The zero-order chi connectivity index (χ0) is 15.8. The normalized spacial score (nSPS) is 21.4. The number of benzene rings is 1. The molecule has 122 valence electrons. The molecule has 1 saturated heterocycles. The Balaban J connectivity index is 1.67. The molecule has 3 N–H and O–H groups in total. The predicted molar refractivity (Wildman–Crippen MR) is 97.5 cm³/mol. The molecule has 2 rings (SSSR count). The minimum absolute atomic E-state index is 0.524. The molecule has 1 heterocycles. The Morgan fingerprint density at radius 2 is 1.95 bits per heavy atom. The van der Waals surface area contributed by atoms with Crippen LogP contribution in [0.1, 0.15) is 38.2 Å². The van der Waals surface area contributed by atoms with E-state index < -0.39 is 0 Å². The first-order valence-electron chi connectivity index (χ1n) is 8.29. The largest absolute Gasteiger partial charge is 0.363 e. The van der Waals surface area contributed by atoms with Gasteiger partial charge >= 0.3 is 0 Å². The molecule has 0 bridgehead atoms. The fraction of sp³-hybridized carbons (Fsp3) is 0.588. The van der Waals surface area contributed by atoms with E-state index in [1.54, 1.807) is 4.90 Å². The molecule has 0 aliphatic carbocycles. The van der Waals surface area contributed by atoms with Gasteiger partial charge in [0.1, 0.15) is 6.54 Å². The van der Waals surface area contributed by atoms with Crippen molar-refractivity contribution in [1.29, 1.82) is 0 Å². The Morgan fingerprint density at radius 3 is 2.59 bits per heavy atom. The smallest absolute Gasteiger partial charge is 0.166 e.